The average Bonchev–Trinajstić information content (AvgIpc) is 3.69. The summed E-state index contributed by atoms with van der Waals surface area (Å²) in [5, 5.41) is 11.5. The molecule has 0 radical (unpaired) electrons. The molecule has 1 saturated heterocycles. The molecule has 9 nitrogen and oxygen atoms in total. The van der Waals surface area contributed by atoms with Crippen LogP contribution in [0.2, 0.25) is 0 Å². The van der Waals surface area contributed by atoms with Gasteiger partial charge in [0.05, 0.1) is 6.04 Å². The summed E-state index contributed by atoms with van der Waals surface area (Å²) >= 11 is 1.57. The van der Waals surface area contributed by atoms with Crippen molar-refractivity contribution in [1.82, 2.24) is 25.1 Å². The molecule has 3 aromatic heterocycles. The number of likely N-dealkylation sites (tertiary alicyclic amines) is 1. The minimum atomic E-state index is -1.34. The molecule has 3 unspecified atom stereocenters. The number of rotatable bonds is 8. The van der Waals surface area contributed by atoms with Crippen LogP contribution in [0.25, 0.3) is 11.5 Å². The second kappa shape index (κ2) is 11.1. The zero-order chi connectivity index (χ0) is 26.8. The highest BCUT2D eigenvalue weighted by Gasteiger charge is 2.34. The Hall–Kier alpha value is -3.44. The van der Waals surface area contributed by atoms with Gasteiger partial charge in [0.1, 0.15) is 27.5 Å². The number of benzene rings is 1. The van der Waals surface area contributed by atoms with Crippen LogP contribution in [0, 0.1) is 6.92 Å². The minimum Gasteiger partial charge on any atom is -0.420 e. The quantitative estimate of drug-likeness (QED) is 0.306. The molecule has 0 bridgehead atoms. The molecule has 1 aliphatic rings. The van der Waals surface area contributed by atoms with Crippen molar-refractivity contribution in [1.29, 1.82) is 0 Å². The third-order valence-corrected chi connectivity index (χ3v) is 8.69. The number of carbonyl (C=O) groups is 1. The van der Waals surface area contributed by atoms with E-state index in [9.17, 15) is 9.00 Å². The minimum absolute atomic E-state index is 0.0130. The number of anilines is 1. The molecule has 198 valence electrons. The predicted octanol–water partition coefficient (Wildman–Crippen LogP) is 4.95. The fraction of sp³-hybridized carbons (Fsp3) is 0.370. The molecule has 5 rings (SSSR count). The second-order valence-corrected chi connectivity index (χ2v) is 11.8. The Bertz CT molecular complexity index is 1450. The van der Waals surface area contributed by atoms with E-state index in [1.165, 1.54) is 9.87 Å². The van der Waals surface area contributed by atoms with E-state index >= 15 is 0 Å². The van der Waals surface area contributed by atoms with Crippen molar-refractivity contribution in [3.63, 3.8) is 0 Å². The molecule has 1 aliphatic heterocycles. The maximum Gasteiger partial charge on any atom is 0.273 e. The monoisotopic (exact) mass is 550 g/mol. The zero-order valence-corrected chi connectivity index (χ0v) is 23.5. The molecule has 0 spiro atoms. The number of nitrogens with zero attached hydrogens (tertiary/aromatic N) is 6. The first-order valence-corrected chi connectivity index (χ1v) is 14.9. The Morgan fingerprint density at radius 3 is 2.74 bits per heavy atom. The summed E-state index contributed by atoms with van der Waals surface area (Å²) in [5.41, 5.74) is 2.93. The fourth-order valence-corrected chi connectivity index (χ4v) is 5.89. The number of amides is 1. The summed E-state index contributed by atoms with van der Waals surface area (Å²) < 4.78 is 19.9. The lowest BCUT2D eigenvalue weighted by molar-refractivity contribution is 0.0729. The Kier molecular flexibility index (Phi) is 7.66. The predicted molar refractivity (Wildman–Crippen MR) is 148 cm³/mol. The number of pyridine rings is 1. The summed E-state index contributed by atoms with van der Waals surface area (Å²) in [6.07, 6.45) is 4.08. The molecule has 0 aliphatic carbocycles. The lowest BCUT2D eigenvalue weighted by Crippen LogP contribution is -2.32. The maximum absolute atomic E-state index is 13.8. The number of hydrogen-bond acceptors (Lipinski definition) is 8. The van der Waals surface area contributed by atoms with Crippen LogP contribution in [0.3, 0.4) is 0 Å². The average molecular weight is 551 g/mol. The third-order valence-electron chi connectivity index (χ3n) is 6.67. The largest absolute Gasteiger partial charge is 0.420 e. The molecule has 0 saturated carbocycles. The van der Waals surface area contributed by atoms with Crippen molar-refractivity contribution in [2.24, 2.45) is 0 Å². The lowest BCUT2D eigenvalue weighted by atomic mass is 10.0. The van der Waals surface area contributed by atoms with Crippen LogP contribution in [0.4, 0.5) is 5.82 Å². The number of aromatic nitrogens is 4. The molecule has 4 aromatic rings. The first kappa shape index (κ1) is 26.2. The van der Waals surface area contributed by atoms with Crippen molar-refractivity contribution < 1.29 is 13.4 Å². The third kappa shape index (κ3) is 5.53. The molecule has 3 atom stereocenters. The first-order chi connectivity index (χ1) is 18.3. The van der Waals surface area contributed by atoms with Gasteiger partial charge in [-0.2, -0.15) is 0 Å². The van der Waals surface area contributed by atoms with Crippen LogP contribution >= 0.6 is 11.3 Å². The second-order valence-electron chi connectivity index (χ2n) is 9.54. The molecular formula is C27H30N6O3S2. The SMILES string of the molecule is Cc1csc(C2CCCN2C(=O)c2cc(-c3nnc(C(C)Cc4ccccc4)o3)cc(N(C)S(C)=O)n2)n1. The van der Waals surface area contributed by atoms with Gasteiger partial charge in [-0.05, 0) is 43.9 Å². The van der Waals surface area contributed by atoms with Gasteiger partial charge >= 0.3 is 0 Å². The summed E-state index contributed by atoms with van der Waals surface area (Å²) in [5.74, 6) is 1.02. The molecular weight excluding hydrogens is 520 g/mol. The highest BCUT2D eigenvalue weighted by atomic mass is 32.2. The van der Waals surface area contributed by atoms with Crippen LogP contribution in [0.1, 0.15) is 64.4 Å². The summed E-state index contributed by atoms with van der Waals surface area (Å²) in [7, 11) is 0.338. The van der Waals surface area contributed by atoms with Gasteiger partial charge < -0.3 is 9.32 Å². The Morgan fingerprint density at radius 2 is 2.03 bits per heavy atom. The summed E-state index contributed by atoms with van der Waals surface area (Å²) in [6, 6.07) is 13.5. The van der Waals surface area contributed by atoms with Crippen LogP contribution in [-0.4, -0.2) is 55.0 Å². The fourth-order valence-electron chi connectivity index (χ4n) is 4.59. The normalized spacial score (nSPS) is 16.9. The van der Waals surface area contributed by atoms with E-state index in [-0.39, 0.29) is 23.6 Å². The van der Waals surface area contributed by atoms with E-state index in [0.717, 1.165) is 30.0 Å². The standard InChI is InChI=1S/C27H30N6O3S2/c1-17(13-19-9-6-5-7-10-19)24-30-31-25(36-24)20-14-21(29-23(15-20)32(3)38(4)35)27(34)33-12-8-11-22(33)26-28-18(2)16-37-26/h5-7,9-10,14-17,22H,8,11-13H2,1-4H3. The highest BCUT2D eigenvalue weighted by Crippen LogP contribution is 2.35. The van der Waals surface area contributed by atoms with E-state index in [1.54, 1.807) is 36.8 Å². The number of aryl methyl sites for hydroxylation is 1. The number of hydrogen-bond donors (Lipinski definition) is 0. The lowest BCUT2D eigenvalue weighted by Gasteiger charge is -2.24. The number of thiazole rings is 1. The van der Waals surface area contributed by atoms with Crippen LogP contribution in [0.5, 0.6) is 0 Å². The van der Waals surface area contributed by atoms with Crippen LogP contribution < -0.4 is 4.31 Å². The van der Waals surface area contributed by atoms with E-state index in [0.29, 0.717) is 29.7 Å². The molecule has 1 fully saturated rings. The van der Waals surface area contributed by atoms with Gasteiger partial charge in [-0.1, -0.05) is 37.3 Å². The highest BCUT2D eigenvalue weighted by molar-refractivity contribution is 7.85. The van der Waals surface area contributed by atoms with Gasteiger partial charge in [0.25, 0.3) is 5.91 Å². The Labute approximate surface area is 228 Å². The van der Waals surface area contributed by atoms with Crippen molar-refractivity contribution >= 4 is 34.0 Å². The maximum atomic E-state index is 13.8. The molecule has 1 aromatic carbocycles. The van der Waals surface area contributed by atoms with Crippen molar-refractivity contribution in [3.05, 3.63) is 75.7 Å². The summed E-state index contributed by atoms with van der Waals surface area (Å²) in [4.78, 5) is 24.8. The Morgan fingerprint density at radius 1 is 1.24 bits per heavy atom. The van der Waals surface area contributed by atoms with Crippen molar-refractivity contribution in [2.45, 2.75) is 45.1 Å². The van der Waals surface area contributed by atoms with Gasteiger partial charge in [0.15, 0.2) is 0 Å². The molecule has 4 heterocycles. The van der Waals surface area contributed by atoms with Crippen LogP contribution in [-0.2, 0) is 17.4 Å². The first-order valence-electron chi connectivity index (χ1n) is 12.5. The molecule has 1 amide bonds. The molecule has 0 N–H and O–H groups in total. The van der Waals surface area contributed by atoms with Gasteiger partial charge in [-0.25, -0.2) is 14.2 Å². The van der Waals surface area contributed by atoms with E-state index in [2.05, 4.69) is 32.3 Å². The smallest absolute Gasteiger partial charge is 0.273 e. The van der Waals surface area contributed by atoms with E-state index in [4.69, 9.17) is 4.42 Å². The molecule has 38 heavy (non-hydrogen) atoms. The van der Waals surface area contributed by atoms with Gasteiger partial charge in [-0.3, -0.25) is 9.10 Å². The topological polar surface area (TPSA) is 105 Å². The van der Waals surface area contributed by atoms with Gasteiger partial charge in [0.2, 0.25) is 11.8 Å². The zero-order valence-electron chi connectivity index (χ0n) is 21.8. The summed E-state index contributed by atoms with van der Waals surface area (Å²) in [6.45, 7) is 4.62. The van der Waals surface area contributed by atoms with E-state index < -0.39 is 11.0 Å². The van der Waals surface area contributed by atoms with Gasteiger partial charge in [0, 0.05) is 42.4 Å². The van der Waals surface area contributed by atoms with Crippen molar-refractivity contribution in [3.8, 4) is 11.5 Å². The Balaban J connectivity index is 1.46. The van der Waals surface area contributed by atoms with Crippen molar-refractivity contribution in [2.75, 3.05) is 24.2 Å². The van der Waals surface area contributed by atoms with Crippen LogP contribution in [0.15, 0.2) is 52.3 Å². The number of carbonyl (C=O) groups excluding carboxylic acids is 1. The molecule has 11 heteroatoms. The van der Waals surface area contributed by atoms with Gasteiger partial charge in [-0.15, -0.1) is 21.5 Å². The van der Waals surface area contributed by atoms with E-state index in [1.807, 2.05) is 42.3 Å².